The fourth-order valence-electron chi connectivity index (χ4n) is 2.25. The number of alkyl halides is 3. The maximum atomic E-state index is 12.4. The number of nitrogens with zero attached hydrogens (tertiary/aromatic N) is 1. The van der Waals surface area contributed by atoms with Gasteiger partial charge in [0, 0.05) is 19.6 Å². The molecule has 2 N–H and O–H groups in total. The van der Waals surface area contributed by atoms with Gasteiger partial charge in [0.15, 0.2) is 6.10 Å². The molecule has 2 atom stereocenters. The highest BCUT2D eigenvalue weighted by molar-refractivity contribution is 5.86. The minimum absolute atomic E-state index is 0.273. The van der Waals surface area contributed by atoms with Crippen LogP contribution < -0.4 is 5.32 Å². The van der Waals surface area contributed by atoms with E-state index in [0.717, 1.165) is 0 Å². The van der Waals surface area contributed by atoms with E-state index >= 15 is 0 Å². The van der Waals surface area contributed by atoms with Gasteiger partial charge in [0.25, 0.3) is 0 Å². The summed E-state index contributed by atoms with van der Waals surface area (Å²) < 4.78 is 37.1. The first-order valence-corrected chi connectivity index (χ1v) is 6.00. The van der Waals surface area contributed by atoms with E-state index in [1.54, 1.807) is 6.92 Å². The Balaban J connectivity index is 2.81. The molecule has 1 rings (SSSR count). The van der Waals surface area contributed by atoms with Gasteiger partial charge in [-0.2, -0.15) is 13.2 Å². The van der Waals surface area contributed by atoms with Crippen molar-refractivity contribution in [2.75, 3.05) is 19.6 Å². The maximum Gasteiger partial charge on any atom is 0.415 e. The van der Waals surface area contributed by atoms with Gasteiger partial charge in [0.1, 0.15) is 0 Å². The molecule has 2 unspecified atom stereocenters. The van der Waals surface area contributed by atoms with Crippen LogP contribution in [0, 0.1) is 0 Å². The molecule has 1 fully saturated rings. The Morgan fingerprint density at radius 1 is 1.56 bits per heavy atom. The van der Waals surface area contributed by atoms with Gasteiger partial charge < -0.3 is 10.4 Å². The Labute approximate surface area is 104 Å². The third-order valence-corrected chi connectivity index (χ3v) is 3.36. The van der Waals surface area contributed by atoms with Crippen molar-refractivity contribution in [2.24, 2.45) is 0 Å². The molecule has 0 radical (unpaired) electrons. The normalized spacial score (nSPS) is 28.0. The van der Waals surface area contributed by atoms with Crippen LogP contribution in [-0.4, -0.2) is 53.4 Å². The number of carbonyl (C=O) groups is 1. The van der Waals surface area contributed by atoms with Crippen LogP contribution >= 0.6 is 0 Å². The summed E-state index contributed by atoms with van der Waals surface area (Å²) in [7, 11) is 0. The maximum absolute atomic E-state index is 12.4. The third-order valence-electron chi connectivity index (χ3n) is 3.36. The minimum atomic E-state index is -4.65. The number of hydrogen-bond donors (Lipinski definition) is 2. The number of nitrogens with one attached hydrogen (secondary N) is 1. The van der Waals surface area contributed by atoms with Crippen molar-refractivity contribution >= 4 is 5.91 Å². The lowest BCUT2D eigenvalue weighted by molar-refractivity contribution is -0.212. The van der Waals surface area contributed by atoms with Crippen molar-refractivity contribution in [3.63, 3.8) is 0 Å². The molecule has 106 valence electrons. The lowest BCUT2D eigenvalue weighted by atomic mass is 9.90. The van der Waals surface area contributed by atoms with Gasteiger partial charge in [-0.3, -0.25) is 9.69 Å². The lowest BCUT2D eigenvalue weighted by Gasteiger charge is -2.44. The zero-order valence-corrected chi connectivity index (χ0v) is 10.5. The molecule has 0 aromatic heterocycles. The summed E-state index contributed by atoms with van der Waals surface area (Å²) in [6, 6.07) is 0. The van der Waals surface area contributed by atoms with Gasteiger partial charge in [-0.1, -0.05) is 13.3 Å². The predicted octanol–water partition coefficient (Wildman–Crippen LogP) is 0.900. The van der Waals surface area contributed by atoms with E-state index in [0.29, 0.717) is 25.9 Å². The summed E-state index contributed by atoms with van der Waals surface area (Å²) in [4.78, 5) is 13.3. The number of amides is 1. The molecule has 18 heavy (non-hydrogen) atoms. The fraction of sp³-hybridized carbons (Fsp3) is 0.909. The zero-order chi connectivity index (χ0) is 14.0. The third kappa shape index (κ3) is 3.14. The van der Waals surface area contributed by atoms with Crippen molar-refractivity contribution in [1.82, 2.24) is 10.2 Å². The molecule has 1 aliphatic heterocycles. The van der Waals surface area contributed by atoms with Crippen LogP contribution in [0.5, 0.6) is 0 Å². The van der Waals surface area contributed by atoms with Gasteiger partial charge in [0.2, 0.25) is 5.91 Å². The number of halogens is 3. The van der Waals surface area contributed by atoms with Gasteiger partial charge >= 0.3 is 6.18 Å². The Hall–Kier alpha value is -0.820. The Bertz CT molecular complexity index is 309. The van der Waals surface area contributed by atoms with Crippen LogP contribution in [-0.2, 0) is 4.79 Å². The molecular formula is C11H19F3N2O2. The van der Waals surface area contributed by atoms with Crippen LogP contribution in [0.15, 0.2) is 0 Å². The van der Waals surface area contributed by atoms with E-state index in [2.05, 4.69) is 5.32 Å². The standard InChI is InChI=1S/C11H19F3N2O2/c1-3-4-10(2)9(18)15-5-6-16(10)7-8(17)11(12,13)14/h8,17H,3-7H2,1-2H3,(H,15,18). The molecule has 0 aliphatic carbocycles. The van der Waals surface area contributed by atoms with Crippen molar-refractivity contribution in [2.45, 2.75) is 44.5 Å². The van der Waals surface area contributed by atoms with Crippen molar-refractivity contribution in [1.29, 1.82) is 0 Å². The zero-order valence-electron chi connectivity index (χ0n) is 10.5. The second-order valence-corrected chi connectivity index (χ2v) is 4.78. The van der Waals surface area contributed by atoms with Crippen molar-refractivity contribution in [3.05, 3.63) is 0 Å². The minimum Gasteiger partial charge on any atom is -0.382 e. The summed E-state index contributed by atoms with van der Waals surface area (Å²) >= 11 is 0. The largest absolute Gasteiger partial charge is 0.415 e. The van der Waals surface area contributed by atoms with Crippen LogP contribution in [0.3, 0.4) is 0 Å². The monoisotopic (exact) mass is 268 g/mol. The summed E-state index contributed by atoms with van der Waals surface area (Å²) in [5, 5.41) is 11.8. The first kappa shape index (κ1) is 15.2. The molecule has 0 aromatic rings. The van der Waals surface area contributed by atoms with E-state index in [4.69, 9.17) is 5.11 Å². The molecule has 4 nitrogen and oxygen atoms in total. The quantitative estimate of drug-likeness (QED) is 0.796. The SMILES string of the molecule is CCCC1(C)C(=O)NCCN1CC(O)C(F)(F)F. The molecule has 1 aliphatic rings. The molecule has 1 amide bonds. The lowest BCUT2D eigenvalue weighted by Crippen LogP contribution is -2.65. The van der Waals surface area contributed by atoms with Crippen LogP contribution in [0.25, 0.3) is 0 Å². The van der Waals surface area contributed by atoms with Gasteiger partial charge in [-0.05, 0) is 13.3 Å². The first-order valence-electron chi connectivity index (χ1n) is 6.00. The first-order chi connectivity index (χ1) is 8.21. The molecular weight excluding hydrogens is 249 g/mol. The Kier molecular flexibility index (Phi) is 4.61. The summed E-state index contributed by atoms with van der Waals surface area (Å²) in [5.74, 6) is -0.273. The predicted molar refractivity (Wildman–Crippen MR) is 60.0 cm³/mol. The number of carbonyl (C=O) groups excluding carboxylic acids is 1. The fourth-order valence-corrected chi connectivity index (χ4v) is 2.25. The van der Waals surface area contributed by atoms with Crippen molar-refractivity contribution < 1.29 is 23.1 Å². The number of β-amino-alcohol motifs (C(OH)–C–C–N with tert-alkyl or cyclic N) is 1. The van der Waals surface area contributed by atoms with Gasteiger partial charge in [-0.15, -0.1) is 0 Å². The van der Waals surface area contributed by atoms with Crippen molar-refractivity contribution in [3.8, 4) is 0 Å². The number of hydrogen-bond acceptors (Lipinski definition) is 3. The van der Waals surface area contributed by atoms with Crippen LogP contribution in [0.2, 0.25) is 0 Å². The van der Waals surface area contributed by atoms with E-state index < -0.39 is 24.4 Å². The van der Waals surface area contributed by atoms with Gasteiger partial charge in [0.05, 0.1) is 5.54 Å². The molecule has 0 bridgehead atoms. The number of rotatable bonds is 4. The van der Waals surface area contributed by atoms with Crippen LogP contribution in [0.1, 0.15) is 26.7 Å². The van der Waals surface area contributed by atoms with E-state index in [9.17, 15) is 18.0 Å². The molecule has 0 spiro atoms. The average molecular weight is 268 g/mol. The van der Waals surface area contributed by atoms with E-state index in [-0.39, 0.29) is 5.91 Å². The average Bonchev–Trinajstić information content (AvgIpc) is 2.24. The smallest absolute Gasteiger partial charge is 0.382 e. The molecule has 7 heteroatoms. The molecule has 0 saturated carbocycles. The second kappa shape index (κ2) is 5.44. The topological polar surface area (TPSA) is 52.6 Å². The Morgan fingerprint density at radius 2 is 2.17 bits per heavy atom. The highest BCUT2D eigenvalue weighted by Crippen LogP contribution is 2.27. The second-order valence-electron chi connectivity index (χ2n) is 4.78. The van der Waals surface area contributed by atoms with E-state index in [1.165, 1.54) is 4.90 Å². The Morgan fingerprint density at radius 3 is 2.67 bits per heavy atom. The highest BCUT2D eigenvalue weighted by Gasteiger charge is 2.46. The summed E-state index contributed by atoms with van der Waals surface area (Å²) in [6.07, 6.45) is -5.92. The molecule has 1 saturated heterocycles. The molecule has 0 aromatic carbocycles. The number of aliphatic hydroxyl groups is 1. The summed E-state index contributed by atoms with van der Waals surface area (Å²) in [6.45, 7) is 3.55. The van der Waals surface area contributed by atoms with E-state index in [1.807, 2.05) is 6.92 Å². The van der Waals surface area contributed by atoms with Gasteiger partial charge in [-0.25, -0.2) is 0 Å². The number of aliphatic hydroxyl groups excluding tert-OH is 1. The highest BCUT2D eigenvalue weighted by atomic mass is 19.4. The molecule has 1 heterocycles. The van der Waals surface area contributed by atoms with Crippen LogP contribution in [0.4, 0.5) is 13.2 Å². The summed E-state index contributed by atoms with van der Waals surface area (Å²) in [5.41, 5.74) is -0.973. The number of piperazine rings is 1.